The van der Waals surface area contributed by atoms with E-state index >= 15 is 0 Å². The lowest BCUT2D eigenvalue weighted by Crippen LogP contribution is -2.41. The number of aliphatic carboxylic acids is 1. The number of nitrogens with zero attached hydrogens (tertiary/aromatic N) is 4. The summed E-state index contributed by atoms with van der Waals surface area (Å²) < 4.78 is 0. The maximum Gasteiger partial charge on any atom is 0.308 e. The molecule has 2 atom stereocenters. The number of amides is 1. The lowest BCUT2D eigenvalue weighted by molar-refractivity contribution is -0.141. The average molecular weight is 346 g/mol. The van der Waals surface area contributed by atoms with Gasteiger partial charge in [0.15, 0.2) is 0 Å². The van der Waals surface area contributed by atoms with Crippen molar-refractivity contribution in [2.75, 3.05) is 52.9 Å². The Bertz CT molecular complexity index is 610. The highest BCUT2D eigenvalue weighted by Crippen LogP contribution is 2.32. The van der Waals surface area contributed by atoms with E-state index in [1.807, 2.05) is 12.1 Å². The van der Waals surface area contributed by atoms with E-state index in [4.69, 9.17) is 0 Å². The Balaban J connectivity index is 1.64. The van der Waals surface area contributed by atoms with Crippen LogP contribution in [0, 0.1) is 5.92 Å². The number of carboxylic acid groups (broad SMARTS) is 1. The van der Waals surface area contributed by atoms with Crippen LogP contribution in [0.2, 0.25) is 0 Å². The topological polar surface area (TPSA) is 77.0 Å². The van der Waals surface area contributed by atoms with Gasteiger partial charge in [0.05, 0.1) is 12.5 Å². The van der Waals surface area contributed by atoms with Crippen molar-refractivity contribution in [1.29, 1.82) is 0 Å². The summed E-state index contributed by atoms with van der Waals surface area (Å²) in [6.07, 6.45) is 4.40. The third kappa shape index (κ3) is 4.35. The number of aromatic nitrogens is 1. The average Bonchev–Trinajstić information content (AvgIpc) is 2.96. The smallest absolute Gasteiger partial charge is 0.308 e. The van der Waals surface area contributed by atoms with E-state index in [-0.39, 0.29) is 18.4 Å². The molecule has 0 unspecified atom stereocenters. The van der Waals surface area contributed by atoms with Crippen molar-refractivity contribution in [3.63, 3.8) is 0 Å². The molecule has 0 spiro atoms. The minimum atomic E-state index is -0.839. The summed E-state index contributed by atoms with van der Waals surface area (Å²) in [7, 11) is 2.10. The standard InChI is InChI=1S/C18H26N4O3/c1-20-7-2-8-21(10-9-20)13-17(23)22-11-15(16(12-22)18(24)25)14-3-5-19-6-4-14/h3-6,15-16H,2,7-13H2,1H3,(H,24,25)/t15-,16+/m0/s1. The first-order valence-corrected chi connectivity index (χ1v) is 8.86. The van der Waals surface area contributed by atoms with E-state index in [2.05, 4.69) is 21.8 Å². The Morgan fingerprint density at radius 2 is 1.92 bits per heavy atom. The largest absolute Gasteiger partial charge is 0.481 e. The second-order valence-corrected chi connectivity index (χ2v) is 7.06. The van der Waals surface area contributed by atoms with Gasteiger partial charge in [-0.1, -0.05) is 0 Å². The number of carboxylic acids is 1. The Labute approximate surface area is 148 Å². The van der Waals surface area contributed by atoms with Crippen LogP contribution in [0.1, 0.15) is 17.9 Å². The van der Waals surface area contributed by atoms with Gasteiger partial charge in [-0.2, -0.15) is 0 Å². The number of likely N-dealkylation sites (tertiary alicyclic amines) is 1. The lowest BCUT2D eigenvalue weighted by atomic mass is 9.90. The molecule has 0 aromatic carbocycles. The van der Waals surface area contributed by atoms with Crippen molar-refractivity contribution in [2.24, 2.45) is 5.92 Å². The van der Waals surface area contributed by atoms with Crippen LogP contribution in [0.25, 0.3) is 0 Å². The van der Waals surface area contributed by atoms with Crippen LogP contribution in [-0.4, -0.2) is 89.5 Å². The molecule has 1 aromatic rings. The number of rotatable bonds is 4. The third-order valence-corrected chi connectivity index (χ3v) is 5.30. The predicted molar refractivity (Wildman–Crippen MR) is 93.2 cm³/mol. The zero-order valence-electron chi connectivity index (χ0n) is 14.7. The highest BCUT2D eigenvalue weighted by atomic mass is 16.4. The molecule has 0 aliphatic carbocycles. The van der Waals surface area contributed by atoms with E-state index in [1.165, 1.54) is 0 Å². The SMILES string of the molecule is CN1CCCN(CC(=O)N2C[C@@H](C(=O)O)[C@H](c3ccncc3)C2)CC1. The van der Waals surface area contributed by atoms with Gasteiger partial charge in [0.25, 0.3) is 0 Å². The van der Waals surface area contributed by atoms with Gasteiger partial charge in [-0.3, -0.25) is 19.5 Å². The van der Waals surface area contributed by atoms with Crippen molar-refractivity contribution in [1.82, 2.24) is 19.7 Å². The molecule has 136 valence electrons. The van der Waals surface area contributed by atoms with E-state index in [0.717, 1.165) is 38.2 Å². The number of hydrogen-bond acceptors (Lipinski definition) is 5. The lowest BCUT2D eigenvalue weighted by Gasteiger charge is -2.23. The van der Waals surface area contributed by atoms with Crippen molar-refractivity contribution in [2.45, 2.75) is 12.3 Å². The summed E-state index contributed by atoms with van der Waals surface area (Å²) in [5.41, 5.74) is 0.939. The predicted octanol–water partition coefficient (Wildman–Crippen LogP) is 0.346. The Morgan fingerprint density at radius 3 is 2.64 bits per heavy atom. The van der Waals surface area contributed by atoms with Crippen LogP contribution < -0.4 is 0 Å². The third-order valence-electron chi connectivity index (χ3n) is 5.30. The Hall–Kier alpha value is -1.99. The van der Waals surface area contributed by atoms with Crippen molar-refractivity contribution in [3.8, 4) is 0 Å². The molecule has 1 amide bonds. The van der Waals surface area contributed by atoms with Crippen LogP contribution in [0.15, 0.2) is 24.5 Å². The van der Waals surface area contributed by atoms with Gasteiger partial charge in [-0.15, -0.1) is 0 Å². The van der Waals surface area contributed by atoms with Crippen molar-refractivity contribution in [3.05, 3.63) is 30.1 Å². The molecule has 7 nitrogen and oxygen atoms in total. The van der Waals surface area contributed by atoms with Gasteiger partial charge in [0.2, 0.25) is 5.91 Å². The van der Waals surface area contributed by atoms with Crippen LogP contribution >= 0.6 is 0 Å². The maximum atomic E-state index is 12.7. The zero-order valence-corrected chi connectivity index (χ0v) is 14.7. The quantitative estimate of drug-likeness (QED) is 0.848. The fourth-order valence-electron chi connectivity index (χ4n) is 3.76. The molecule has 25 heavy (non-hydrogen) atoms. The molecule has 2 aliphatic heterocycles. The highest BCUT2D eigenvalue weighted by Gasteiger charge is 2.40. The van der Waals surface area contributed by atoms with Crippen LogP contribution in [0.5, 0.6) is 0 Å². The number of carbonyl (C=O) groups is 2. The number of pyridine rings is 1. The summed E-state index contributed by atoms with van der Waals surface area (Å²) in [6, 6.07) is 3.69. The maximum absolute atomic E-state index is 12.7. The molecule has 2 fully saturated rings. The summed E-state index contributed by atoms with van der Waals surface area (Å²) in [4.78, 5) is 34.5. The van der Waals surface area contributed by atoms with Crippen LogP contribution in [0.3, 0.4) is 0 Å². The van der Waals surface area contributed by atoms with Gasteiger partial charge >= 0.3 is 5.97 Å². The second kappa shape index (κ2) is 7.93. The Kier molecular flexibility index (Phi) is 5.65. The van der Waals surface area contributed by atoms with E-state index in [0.29, 0.717) is 13.1 Å². The highest BCUT2D eigenvalue weighted by molar-refractivity contribution is 5.81. The van der Waals surface area contributed by atoms with Gasteiger partial charge in [-0.05, 0) is 44.3 Å². The summed E-state index contributed by atoms with van der Waals surface area (Å²) in [5, 5.41) is 9.56. The molecule has 1 aromatic heterocycles. The van der Waals surface area contributed by atoms with Gasteiger partial charge < -0.3 is 14.9 Å². The number of carbonyl (C=O) groups excluding carboxylic acids is 1. The van der Waals surface area contributed by atoms with Gasteiger partial charge in [0, 0.05) is 44.5 Å². The molecule has 3 heterocycles. The molecule has 7 heteroatoms. The minimum Gasteiger partial charge on any atom is -0.481 e. The Morgan fingerprint density at radius 1 is 1.16 bits per heavy atom. The molecule has 2 saturated heterocycles. The first-order valence-electron chi connectivity index (χ1n) is 8.86. The molecule has 0 saturated carbocycles. The second-order valence-electron chi connectivity index (χ2n) is 7.06. The van der Waals surface area contributed by atoms with Crippen LogP contribution in [0.4, 0.5) is 0 Å². The van der Waals surface area contributed by atoms with Gasteiger partial charge in [-0.25, -0.2) is 0 Å². The minimum absolute atomic E-state index is 0.0346. The van der Waals surface area contributed by atoms with Crippen molar-refractivity contribution < 1.29 is 14.7 Å². The molecular formula is C18H26N4O3. The van der Waals surface area contributed by atoms with E-state index in [9.17, 15) is 14.7 Å². The monoisotopic (exact) mass is 346 g/mol. The first kappa shape index (κ1) is 17.8. The van der Waals surface area contributed by atoms with Crippen LogP contribution in [-0.2, 0) is 9.59 Å². The fourth-order valence-corrected chi connectivity index (χ4v) is 3.76. The molecule has 3 rings (SSSR count). The molecule has 1 N–H and O–H groups in total. The molecule has 0 bridgehead atoms. The number of hydrogen-bond donors (Lipinski definition) is 1. The van der Waals surface area contributed by atoms with Crippen molar-refractivity contribution >= 4 is 11.9 Å². The first-order chi connectivity index (χ1) is 12.0. The fraction of sp³-hybridized carbons (Fsp3) is 0.611. The molecule has 0 radical (unpaired) electrons. The summed E-state index contributed by atoms with van der Waals surface area (Å²) in [6.45, 7) is 4.95. The van der Waals surface area contributed by atoms with E-state index < -0.39 is 11.9 Å². The van der Waals surface area contributed by atoms with E-state index in [1.54, 1.807) is 17.3 Å². The van der Waals surface area contributed by atoms with Gasteiger partial charge in [0.1, 0.15) is 0 Å². The summed E-state index contributed by atoms with van der Waals surface area (Å²) in [5.74, 6) is -1.53. The number of likely N-dealkylation sites (N-methyl/N-ethyl adjacent to an activating group) is 1. The normalized spacial score (nSPS) is 25.7. The summed E-state index contributed by atoms with van der Waals surface area (Å²) >= 11 is 0. The molecule has 2 aliphatic rings. The molecular weight excluding hydrogens is 320 g/mol. The zero-order chi connectivity index (χ0) is 17.8.